The van der Waals surface area contributed by atoms with Crippen molar-refractivity contribution in [1.29, 1.82) is 0 Å². The van der Waals surface area contributed by atoms with Gasteiger partial charge in [0, 0.05) is 24.8 Å². The lowest BCUT2D eigenvalue weighted by atomic mass is 9.79. The highest BCUT2D eigenvalue weighted by molar-refractivity contribution is 5.62. The molecule has 39 heavy (non-hydrogen) atoms. The van der Waals surface area contributed by atoms with Gasteiger partial charge in [0.2, 0.25) is 0 Å². The molecule has 1 heterocycles. The first-order chi connectivity index (χ1) is 19.1. The van der Waals surface area contributed by atoms with Crippen LogP contribution in [0.5, 0.6) is 17.2 Å². The van der Waals surface area contributed by atoms with E-state index in [1.807, 2.05) is 6.07 Å². The molecule has 3 aromatic rings. The van der Waals surface area contributed by atoms with Gasteiger partial charge in [-0.15, -0.1) is 0 Å². The molecule has 1 aliphatic heterocycles. The number of nitrogens with zero attached hydrogens (tertiary/aromatic N) is 1. The van der Waals surface area contributed by atoms with E-state index in [0.29, 0.717) is 11.7 Å². The third kappa shape index (κ3) is 7.07. The van der Waals surface area contributed by atoms with Crippen molar-refractivity contribution >= 4 is 5.69 Å². The van der Waals surface area contributed by atoms with Gasteiger partial charge in [-0.05, 0) is 110 Å². The number of aromatic hydroxyl groups is 1. The van der Waals surface area contributed by atoms with Crippen LogP contribution in [0, 0.1) is 0 Å². The van der Waals surface area contributed by atoms with E-state index in [0.717, 1.165) is 62.4 Å². The second-order valence-corrected chi connectivity index (χ2v) is 11.2. The number of phenolic OH excluding ortho intramolecular Hbond substituents is 1. The topological polar surface area (TPSA) is 54.0 Å². The van der Waals surface area contributed by atoms with Crippen LogP contribution < -0.4 is 14.8 Å². The number of benzene rings is 3. The molecule has 2 N–H and O–H groups in total. The second-order valence-electron chi connectivity index (χ2n) is 11.2. The van der Waals surface area contributed by atoms with Gasteiger partial charge in [0.25, 0.3) is 0 Å². The first-order valence-electron chi connectivity index (χ1n) is 14.7. The number of ether oxygens (including phenoxy) is 2. The minimum Gasteiger partial charge on any atom is -0.508 e. The zero-order valence-corrected chi connectivity index (χ0v) is 23.7. The first kappa shape index (κ1) is 27.4. The molecule has 1 aliphatic carbocycles. The monoisotopic (exact) mass is 528 g/mol. The SMILES string of the molecule is COc1cc(NCCCc2ccc(CN3CCCCCC3)cc2)c([C@@H]2CCc3cc(O)ccc3C2)cc1OC. The number of aryl methyl sites for hydroxylation is 2. The van der Waals surface area contributed by atoms with E-state index in [-0.39, 0.29) is 0 Å². The number of hydrogen-bond acceptors (Lipinski definition) is 5. The highest BCUT2D eigenvalue weighted by Gasteiger charge is 2.24. The molecule has 0 bridgehead atoms. The van der Waals surface area contributed by atoms with Crippen molar-refractivity contribution < 1.29 is 14.6 Å². The van der Waals surface area contributed by atoms with Crippen LogP contribution in [0.25, 0.3) is 0 Å². The number of nitrogens with one attached hydrogen (secondary N) is 1. The minimum atomic E-state index is 0.354. The molecule has 5 rings (SSSR count). The maximum atomic E-state index is 9.89. The third-order valence-corrected chi connectivity index (χ3v) is 8.50. The van der Waals surface area contributed by atoms with Crippen molar-refractivity contribution in [1.82, 2.24) is 4.90 Å². The van der Waals surface area contributed by atoms with Gasteiger partial charge in [0.1, 0.15) is 5.75 Å². The minimum absolute atomic E-state index is 0.354. The van der Waals surface area contributed by atoms with Gasteiger partial charge in [0.05, 0.1) is 14.2 Å². The van der Waals surface area contributed by atoms with Crippen molar-refractivity contribution in [2.75, 3.05) is 39.2 Å². The molecular formula is C34H44N2O3. The van der Waals surface area contributed by atoms with Gasteiger partial charge in [-0.25, -0.2) is 0 Å². The fourth-order valence-electron chi connectivity index (χ4n) is 6.27. The summed E-state index contributed by atoms with van der Waals surface area (Å²) in [7, 11) is 3.40. The van der Waals surface area contributed by atoms with E-state index in [4.69, 9.17) is 9.47 Å². The summed E-state index contributed by atoms with van der Waals surface area (Å²) >= 11 is 0. The van der Waals surface area contributed by atoms with Crippen LogP contribution in [0.3, 0.4) is 0 Å². The smallest absolute Gasteiger partial charge is 0.162 e. The van der Waals surface area contributed by atoms with Crippen LogP contribution in [0.15, 0.2) is 54.6 Å². The number of hydrogen-bond donors (Lipinski definition) is 2. The quantitative estimate of drug-likeness (QED) is 0.275. The fourth-order valence-corrected chi connectivity index (χ4v) is 6.27. The van der Waals surface area contributed by atoms with E-state index in [9.17, 15) is 5.11 Å². The van der Waals surface area contributed by atoms with Crippen molar-refractivity contribution in [2.24, 2.45) is 0 Å². The molecule has 2 aliphatic rings. The standard InChI is InChI=1S/C34H44N2O3/c1-38-33-22-31(29-14-13-28-21-30(37)16-15-27(28)20-29)32(23-34(33)39-2)35-17-7-8-25-9-11-26(12-10-25)24-36-18-5-3-4-6-19-36/h9-12,15-16,21-23,29,35,37H,3-8,13-14,17-20,24H2,1-2H3/t29-/m1/s1. The Bertz CT molecular complexity index is 1220. The van der Waals surface area contributed by atoms with Crippen molar-refractivity contribution in [2.45, 2.75) is 70.3 Å². The summed E-state index contributed by atoms with van der Waals surface area (Å²) in [6.45, 7) is 4.46. The van der Waals surface area contributed by atoms with Crippen LogP contribution in [-0.2, 0) is 25.8 Å². The summed E-state index contributed by atoms with van der Waals surface area (Å²) in [6.07, 6.45) is 10.5. The fraction of sp³-hybridized carbons (Fsp3) is 0.471. The molecule has 208 valence electrons. The number of anilines is 1. The molecule has 0 radical (unpaired) electrons. The molecule has 1 fully saturated rings. The Morgan fingerprint density at radius 2 is 1.56 bits per heavy atom. The molecule has 1 atom stereocenters. The molecule has 0 amide bonds. The predicted octanol–water partition coefficient (Wildman–Crippen LogP) is 7.10. The van der Waals surface area contributed by atoms with E-state index in [2.05, 4.69) is 52.7 Å². The second kappa shape index (κ2) is 13.3. The molecule has 0 unspecified atom stereocenters. The van der Waals surface area contributed by atoms with Crippen LogP contribution in [0.2, 0.25) is 0 Å². The molecule has 1 saturated heterocycles. The largest absolute Gasteiger partial charge is 0.508 e. The maximum absolute atomic E-state index is 9.89. The maximum Gasteiger partial charge on any atom is 0.162 e. The molecule has 5 heteroatoms. The summed E-state index contributed by atoms with van der Waals surface area (Å²) in [5.74, 6) is 2.27. The Morgan fingerprint density at radius 1 is 0.846 bits per heavy atom. The average molecular weight is 529 g/mol. The molecule has 0 saturated carbocycles. The highest BCUT2D eigenvalue weighted by Crippen LogP contribution is 2.42. The Morgan fingerprint density at radius 3 is 2.31 bits per heavy atom. The van der Waals surface area contributed by atoms with Crippen LogP contribution in [0.1, 0.15) is 72.3 Å². The van der Waals surface area contributed by atoms with Crippen molar-refractivity contribution in [3.63, 3.8) is 0 Å². The number of fused-ring (bicyclic) bond motifs is 1. The highest BCUT2D eigenvalue weighted by atomic mass is 16.5. The van der Waals surface area contributed by atoms with E-state index >= 15 is 0 Å². The molecule has 0 spiro atoms. The van der Waals surface area contributed by atoms with Gasteiger partial charge in [-0.1, -0.05) is 43.2 Å². The Balaban J connectivity index is 1.20. The molecule has 5 nitrogen and oxygen atoms in total. The summed E-state index contributed by atoms with van der Waals surface area (Å²) in [5, 5.41) is 13.6. The lowest BCUT2D eigenvalue weighted by Crippen LogP contribution is -2.23. The summed E-state index contributed by atoms with van der Waals surface area (Å²) in [6, 6.07) is 19.3. The van der Waals surface area contributed by atoms with E-state index in [1.165, 1.54) is 66.6 Å². The van der Waals surface area contributed by atoms with Crippen LogP contribution in [-0.4, -0.2) is 43.9 Å². The van der Waals surface area contributed by atoms with E-state index < -0.39 is 0 Å². The Hall–Kier alpha value is -3.18. The Labute approximate surface area is 234 Å². The van der Waals surface area contributed by atoms with Crippen LogP contribution >= 0.6 is 0 Å². The predicted molar refractivity (Wildman–Crippen MR) is 159 cm³/mol. The number of rotatable bonds is 10. The van der Waals surface area contributed by atoms with Crippen LogP contribution in [0.4, 0.5) is 5.69 Å². The zero-order chi connectivity index (χ0) is 27.0. The molecular weight excluding hydrogens is 484 g/mol. The van der Waals surface area contributed by atoms with Gasteiger partial charge >= 0.3 is 0 Å². The summed E-state index contributed by atoms with van der Waals surface area (Å²) < 4.78 is 11.3. The average Bonchev–Trinajstić information content (AvgIpc) is 3.24. The summed E-state index contributed by atoms with van der Waals surface area (Å²) in [4.78, 5) is 2.61. The third-order valence-electron chi connectivity index (χ3n) is 8.50. The Kier molecular flexibility index (Phi) is 9.31. The molecule has 3 aromatic carbocycles. The number of phenols is 1. The lowest BCUT2D eigenvalue weighted by Gasteiger charge is -2.28. The van der Waals surface area contributed by atoms with Gasteiger partial charge in [0.15, 0.2) is 11.5 Å². The normalized spacial score (nSPS) is 17.7. The van der Waals surface area contributed by atoms with Gasteiger partial charge < -0.3 is 19.9 Å². The van der Waals surface area contributed by atoms with Crippen molar-refractivity contribution in [3.8, 4) is 17.2 Å². The lowest BCUT2D eigenvalue weighted by molar-refractivity contribution is 0.277. The summed E-state index contributed by atoms with van der Waals surface area (Å²) in [5.41, 5.74) is 7.83. The number of methoxy groups -OCH3 is 2. The molecule has 0 aromatic heterocycles. The van der Waals surface area contributed by atoms with Crippen molar-refractivity contribution in [3.05, 3.63) is 82.4 Å². The van der Waals surface area contributed by atoms with Gasteiger partial charge in [-0.2, -0.15) is 0 Å². The first-order valence-corrected chi connectivity index (χ1v) is 14.7. The van der Waals surface area contributed by atoms with E-state index in [1.54, 1.807) is 20.3 Å². The van der Waals surface area contributed by atoms with Gasteiger partial charge in [-0.3, -0.25) is 4.90 Å². The zero-order valence-electron chi connectivity index (χ0n) is 23.7. The number of likely N-dealkylation sites (tertiary alicyclic amines) is 1.